The van der Waals surface area contributed by atoms with Crippen LogP contribution in [-0.4, -0.2) is 18.0 Å². The van der Waals surface area contributed by atoms with Crippen molar-refractivity contribution in [3.05, 3.63) is 58.4 Å². The molecular weight excluding hydrogens is 276 g/mol. The number of methoxy groups -OCH3 is 1. The van der Waals surface area contributed by atoms with E-state index in [0.29, 0.717) is 22.9 Å². The molecule has 0 spiro atoms. The molecule has 0 saturated heterocycles. The molecule has 4 nitrogen and oxygen atoms in total. The molecule has 0 bridgehead atoms. The summed E-state index contributed by atoms with van der Waals surface area (Å²) in [6.07, 6.45) is 3.41. The highest BCUT2D eigenvalue weighted by atomic mass is 35.5. The molecule has 1 heterocycles. The van der Waals surface area contributed by atoms with Crippen LogP contribution in [0.4, 0.5) is 0 Å². The van der Waals surface area contributed by atoms with Crippen LogP contribution in [0.3, 0.4) is 0 Å². The molecule has 1 aromatic carbocycles. The first-order valence-electron chi connectivity index (χ1n) is 6.13. The normalized spacial score (nSPS) is 10.2. The van der Waals surface area contributed by atoms with E-state index in [2.05, 4.69) is 10.3 Å². The highest BCUT2D eigenvalue weighted by molar-refractivity contribution is 6.32. The number of aryl methyl sites for hydroxylation is 1. The molecule has 0 aliphatic carbocycles. The molecule has 0 fully saturated rings. The highest BCUT2D eigenvalue weighted by Gasteiger charge is 2.12. The van der Waals surface area contributed by atoms with Crippen molar-refractivity contribution in [2.45, 2.75) is 13.5 Å². The molecule has 104 valence electrons. The van der Waals surface area contributed by atoms with Crippen molar-refractivity contribution >= 4 is 17.5 Å². The third kappa shape index (κ3) is 3.27. The van der Waals surface area contributed by atoms with Gasteiger partial charge in [-0.1, -0.05) is 17.7 Å². The summed E-state index contributed by atoms with van der Waals surface area (Å²) < 4.78 is 5.12. The van der Waals surface area contributed by atoms with E-state index in [0.717, 1.165) is 11.1 Å². The first-order valence-corrected chi connectivity index (χ1v) is 6.51. The van der Waals surface area contributed by atoms with Gasteiger partial charge in [-0.15, -0.1) is 0 Å². The number of pyridine rings is 1. The molecule has 1 aromatic heterocycles. The summed E-state index contributed by atoms with van der Waals surface area (Å²) in [6, 6.07) is 7.10. The Morgan fingerprint density at radius 3 is 2.90 bits per heavy atom. The van der Waals surface area contributed by atoms with Crippen molar-refractivity contribution in [1.29, 1.82) is 0 Å². The SMILES string of the molecule is COc1cc(C)c(C(=O)NCc2cccnc2)cc1Cl. The Morgan fingerprint density at radius 2 is 2.25 bits per heavy atom. The minimum absolute atomic E-state index is 0.170. The van der Waals surface area contributed by atoms with Crippen LogP contribution < -0.4 is 10.1 Å². The van der Waals surface area contributed by atoms with Crippen LogP contribution in [0.15, 0.2) is 36.7 Å². The topological polar surface area (TPSA) is 51.2 Å². The van der Waals surface area contributed by atoms with Crippen LogP contribution in [0.25, 0.3) is 0 Å². The molecule has 2 aromatic rings. The number of aromatic nitrogens is 1. The Hall–Kier alpha value is -2.07. The van der Waals surface area contributed by atoms with Gasteiger partial charge in [0.1, 0.15) is 5.75 Å². The maximum absolute atomic E-state index is 12.2. The van der Waals surface area contributed by atoms with Gasteiger partial charge >= 0.3 is 0 Å². The van der Waals surface area contributed by atoms with Crippen LogP contribution in [0, 0.1) is 6.92 Å². The molecule has 0 saturated carbocycles. The van der Waals surface area contributed by atoms with E-state index in [4.69, 9.17) is 16.3 Å². The lowest BCUT2D eigenvalue weighted by Gasteiger charge is -2.10. The van der Waals surface area contributed by atoms with Gasteiger partial charge in [0.25, 0.3) is 5.91 Å². The summed E-state index contributed by atoms with van der Waals surface area (Å²) in [5.74, 6) is 0.392. The zero-order valence-corrected chi connectivity index (χ0v) is 12.1. The van der Waals surface area contributed by atoms with Crippen LogP contribution in [0.2, 0.25) is 5.02 Å². The molecule has 1 amide bonds. The predicted molar refractivity (Wildman–Crippen MR) is 78.1 cm³/mol. The molecular formula is C15H15ClN2O2. The summed E-state index contributed by atoms with van der Waals surface area (Å²) in [4.78, 5) is 16.2. The summed E-state index contributed by atoms with van der Waals surface area (Å²) in [7, 11) is 1.54. The minimum Gasteiger partial charge on any atom is -0.495 e. The Labute approximate surface area is 122 Å². The fourth-order valence-corrected chi connectivity index (χ4v) is 2.08. The lowest BCUT2D eigenvalue weighted by Crippen LogP contribution is -2.23. The number of hydrogen-bond donors (Lipinski definition) is 1. The van der Waals surface area contributed by atoms with E-state index in [-0.39, 0.29) is 5.91 Å². The number of carbonyl (C=O) groups excluding carboxylic acids is 1. The quantitative estimate of drug-likeness (QED) is 0.942. The molecule has 0 atom stereocenters. The van der Waals surface area contributed by atoms with Crippen molar-refractivity contribution in [1.82, 2.24) is 10.3 Å². The van der Waals surface area contributed by atoms with Crippen LogP contribution in [0.1, 0.15) is 21.5 Å². The Morgan fingerprint density at radius 1 is 1.45 bits per heavy atom. The Kier molecular flexibility index (Phi) is 4.58. The maximum atomic E-state index is 12.2. The molecule has 0 aliphatic rings. The van der Waals surface area contributed by atoms with Gasteiger partial charge in [0.05, 0.1) is 12.1 Å². The summed E-state index contributed by atoms with van der Waals surface area (Å²) in [5, 5.41) is 3.26. The zero-order chi connectivity index (χ0) is 14.5. The largest absolute Gasteiger partial charge is 0.495 e. The van der Waals surface area contributed by atoms with Gasteiger partial charge in [0, 0.05) is 24.5 Å². The number of benzene rings is 1. The molecule has 20 heavy (non-hydrogen) atoms. The number of ether oxygens (including phenoxy) is 1. The summed E-state index contributed by atoms with van der Waals surface area (Å²) in [5.41, 5.74) is 2.30. The van der Waals surface area contributed by atoms with Crippen LogP contribution in [0.5, 0.6) is 5.75 Å². The second-order valence-electron chi connectivity index (χ2n) is 4.35. The van der Waals surface area contributed by atoms with Crippen molar-refractivity contribution < 1.29 is 9.53 Å². The standard InChI is InChI=1S/C15H15ClN2O2/c1-10-6-14(20-2)13(16)7-12(10)15(19)18-9-11-4-3-5-17-8-11/h3-8H,9H2,1-2H3,(H,18,19). The number of hydrogen-bond acceptors (Lipinski definition) is 3. The number of nitrogens with one attached hydrogen (secondary N) is 1. The smallest absolute Gasteiger partial charge is 0.251 e. The van der Waals surface area contributed by atoms with E-state index in [1.54, 1.807) is 31.6 Å². The lowest BCUT2D eigenvalue weighted by atomic mass is 10.1. The van der Waals surface area contributed by atoms with Gasteiger partial charge in [-0.2, -0.15) is 0 Å². The van der Waals surface area contributed by atoms with Crippen molar-refractivity contribution in [3.63, 3.8) is 0 Å². The third-order valence-electron chi connectivity index (χ3n) is 2.92. The number of nitrogens with zero attached hydrogens (tertiary/aromatic N) is 1. The number of amides is 1. The fraction of sp³-hybridized carbons (Fsp3) is 0.200. The molecule has 0 aliphatic heterocycles. The van der Waals surface area contributed by atoms with Crippen molar-refractivity contribution in [3.8, 4) is 5.75 Å². The highest BCUT2D eigenvalue weighted by Crippen LogP contribution is 2.27. The van der Waals surface area contributed by atoms with Gasteiger partial charge in [-0.25, -0.2) is 0 Å². The second kappa shape index (κ2) is 6.39. The first-order chi connectivity index (χ1) is 9.61. The summed E-state index contributed by atoms with van der Waals surface area (Å²) in [6.45, 7) is 2.27. The zero-order valence-electron chi connectivity index (χ0n) is 11.3. The molecule has 0 unspecified atom stereocenters. The van der Waals surface area contributed by atoms with E-state index in [1.165, 1.54) is 0 Å². The first kappa shape index (κ1) is 14.3. The van der Waals surface area contributed by atoms with E-state index < -0.39 is 0 Å². The minimum atomic E-state index is -0.170. The average molecular weight is 291 g/mol. The molecule has 0 radical (unpaired) electrons. The van der Waals surface area contributed by atoms with E-state index >= 15 is 0 Å². The third-order valence-corrected chi connectivity index (χ3v) is 3.21. The van der Waals surface area contributed by atoms with Gasteiger partial charge in [-0.3, -0.25) is 9.78 Å². The molecule has 5 heteroatoms. The van der Waals surface area contributed by atoms with Crippen molar-refractivity contribution in [2.75, 3.05) is 7.11 Å². The Bertz CT molecular complexity index is 615. The fourth-order valence-electron chi connectivity index (χ4n) is 1.84. The maximum Gasteiger partial charge on any atom is 0.251 e. The Balaban J connectivity index is 2.11. The van der Waals surface area contributed by atoms with Crippen molar-refractivity contribution in [2.24, 2.45) is 0 Å². The van der Waals surface area contributed by atoms with Gasteiger partial charge < -0.3 is 10.1 Å². The van der Waals surface area contributed by atoms with E-state index in [1.807, 2.05) is 19.1 Å². The predicted octanol–water partition coefficient (Wildman–Crippen LogP) is 2.98. The van der Waals surface area contributed by atoms with Crippen LogP contribution >= 0.6 is 11.6 Å². The number of halogens is 1. The summed E-state index contributed by atoms with van der Waals surface area (Å²) >= 11 is 6.05. The number of carbonyl (C=O) groups is 1. The van der Waals surface area contributed by atoms with E-state index in [9.17, 15) is 4.79 Å². The monoisotopic (exact) mass is 290 g/mol. The van der Waals surface area contributed by atoms with Gasteiger partial charge in [0.15, 0.2) is 0 Å². The second-order valence-corrected chi connectivity index (χ2v) is 4.75. The average Bonchev–Trinajstić information content (AvgIpc) is 2.47. The van der Waals surface area contributed by atoms with Crippen LogP contribution in [-0.2, 0) is 6.54 Å². The number of rotatable bonds is 4. The molecule has 2 rings (SSSR count). The molecule has 1 N–H and O–H groups in total. The van der Waals surface area contributed by atoms with Gasteiger partial charge in [-0.05, 0) is 36.2 Å². The van der Waals surface area contributed by atoms with Gasteiger partial charge in [0.2, 0.25) is 0 Å². The lowest BCUT2D eigenvalue weighted by molar-refractivity contribution is 0.0950.